The number of hydrogen-bond acceptors (Lipinski definition) is 6. The smallest absolute Gasteiger partial charge is 0.270 e. The van der Waals surface area contributed by atoms with E-state index >= 15 is 0 Å². The number of nitrogen functional groups attached to an aromatic ring is 1. The molecular formula is C21H20FN5OS. The second-order valence-corrected chi connectivity index (χ2v) is 8.04. The van der Waals surface area contributed by atoms with Crippen molar-refractivity contribution >= 4 is 34.4 Å². The van der Waals surface area contributed by atoms with Gasteiger partial charge < -0.3 is 15.5 Å². The van der Waals surface area contributed by atoms with E-state index < -0.39 is 11.7 Å². The zero-order chi connectivity index (χ0) is 22.6. The van der Waals surface area contributed by atoms with Crippen LogP contribution in [0.3, 0.4) is 0 Å². The van der Waals surface area contributed by atoms with Crippen LogP contribution in [0, 0.1) is 5.82 Å². The van der Waals surface area contributed by atoms with Crippen LogP contribution < -0.4 is 15.5 Å². The van der Waals surface area contributed by atoms with E-state index in [4.69, 9.17) is 9.85 Å². The van der Waals surface area contributed by atoms with Gasteiger partial charge >= 0.3 is 0 Å². The van der Waals surface area contributed by atoms with Crippen molar-refractivity contribution in [3.8, 4) is 10.6 Å². The van der Waals surface area contributed by atoms with Gasteiger partial charge in [-0.05, 0) is 43.1 Å². The summed E-state index contributed by atoms with van der Waals surface area (Å²) in [6.07, 6.45) is 4.31. The first kappa shape index (κ1) is 14.9. The predicted octanol–water partition coefficient (Wildman–Crippen LogP) is 3.73. The van der Waals surface area contributed by atoms with Crippen molar-refractivity contribution in [2.24, 2.45) is 0 Å². The van der Waals surface area contributed by atoms with Gasteiger partial charge in [-0.15, -0.1) is 11.3 Å². The number of aromatic nitrogens is 2. The fourth-order valence-electron chi connectivity index (χ4n) is 3.61. The molecule has 0 saturated carbocycles. The molecule has 0 radical (unpaired) electrons. The number of hydrogen-bond donors (Lipinski definition) is 1. The normalized spacial score (nSPS) is 17.8. The Morgan fingerprint density at radius 3 is 2.83 bits per heavy atom. The van der Waals surface area contributed by atoms with Crippen LogP contribution in [-0.2, 0) is 6.42 Å². The van der Waals surface area contributed by atoms with Crippen molar-refractivity contribution in [3.05, 3.63) is 52.8 Å². The maximum Gasteiger partial charge on any atom is 0.270 e. The largest absolute Gasteiger partial charge is 0.396 e. The minimum Gasteiger partial charge on any atom is -0.396 e. The van der Waals surface area contributed by atoms with E-state index in [1.54, 1.807) is 12.3 Å². The van der Waals surface area contributed by atoms with Crippen molar-refractivity contribution in [2.45, 2.75) is 19.3 Å². The topological polar surface area (TPSA) is 75.3 Å². The van der Waals surface area contributed by atoms with Crippen LogP contribution in [0.1, 0.15) is 32.3 Å². The molecule has 0 bridgehead atoms. The van der Waals surface area contributed by atoms with E-state index in [-0.39, 0.29) is 30.0 Å². The quantitative estimate of drug-likeness (QED) is 0.660. The van der Waals surface area contributed by atoms with Crippen molar-refractivity contribution in [1.29, 1.82) is 0 Å². The van der Waals surface area contributed by atoms with Gasteiger partial charge in [-0.1, -0.05) is 0 Å². The molecule has 0 spiro atoms. The molecular weight excluding hydrogens is 389 g/mol. The molecule has 2 aromatic heterocycles. The molecule has 1 saturated heterocycles. The first-order valence-corrected chi connectivity index (χ1v) is 10.3. The SMILES string of the molecule is [3H]c1cc(-c2nc3c(s2)C(=O)N(c2c([3H])cc(F)c(N)c2[3H])CC3)cnc1N1CCCC1. The van der Waals surface area contributed by atoms with E-state index in [1.807, 2.05) is 0 Å². The molecule has 2 N–H and O–H groups in total. The molecule has 0 atom stereocenters. The summed E-state index contributed by atoms with van der Waals surface area (Å²) in [5, 5.41) is 0.593. The number of nitrogens with two attached hydrogens (primary N) is 1. The molecule has 5 rings (SSSR count). The van der Waals surface area contributed by atoms with Gasteiger partial charge in [-0.25, -0.2) is 14.4 Å². The summed E-state index contributed by atoms with van der Waals surface area (Å²) in [5.41, 5.74) is 6.55. The summed E-state index contributed by atoms with van der Waals surface area (Å²) < 4.78 is 38.3. The van der Waals surface area contributed by atoms with Gasteiger partial charge in [-0.2, -0.15) is 0 Å². The fourth-order valence-corrected chi connectivity index (χ4v) is 4.65. The van der Waals surface area contributed by atoms with Gasteiger partial charge in [0.1, 0.15) is 21.5 Å². The highest BCUT2D eigenvalue weighted by Crippen LogP contribution is 2.34. The van der Waals surface area contributed by atoms with Gasteiger partial charge in [0, 0.05) is 43.5 Å². The lowest BCUT2D eigenvalue weighted by Crippen LogP contribution is -2.37. The monoisotopic (exact) mass is 415 g/mol. The highest BCUT2D eigenvalue weighted by atomic mass is 32.1. The van der Waals surface area contributed by atoms with Crippen LogP contribution in [-0.4, -0.2) is 35.5 Å². The first-order chi connectivity index (χ1) is 15.3. The molecule has 4 heterocycles. The number of anilines is 3. The highest BCUT2D eigenvalue weighted by molar-refractivity contribution is 7.17. The molecule has 2 aliphatic heterocycles. The van der Waals surface area contributed by atoms with E-state index in [9.17, 15) is 9.18 Å². The Morgan fingerprint density at radius 1 is 1.21 bits per heavy atom. The summed E-state index contributed by atoms with van der Waals surface area (Å²) in [6, 6.07) is 2.34. The number of carbonyl (C=O) groups is 1. The standard InChI is InChI=1S/C21H20FN5OS/c22-15-5-4-14(11-16(15)23)27-10-7-17-19(21(27)28)29-20(25-17)13-3-6-18(24-12-13)26-8-1-2-9-26/h3-6,11-12H,1-2,7-10,23H2/i4T,6T,11T. The number of pyridine rings is 1. The van der Waals surface area contributed by atoms with Crippen molar-refractivity contribution in [2.75, 3.05) is 35.2 Å². The molecule has 6 nitrogen and oxygen atoms in total. The fraction of sp³-hybridized carbons (Fsp3) is 0.286. The zero-order valence-corrected chi connectivity index (χ0v) is 16.4. The van der Waals surface area contributed by atoms with Crippen LogP contribution in [0.5, 0.6) is 0 Å². The second-order valence-electron chi connectivity index (χ2n) is 7.05. The lowest BCUT2D eigenvalue weighted by Gasteiger charge is -2.26. The van der Waals surface area contributed by atoms with Crippen molar-refractivity contribution in [1.82, 2.24) is 9.97 Å². The predicted molar refractivity (Wildman–Crippen MR) is 113 cm³/mol. The summed E-state index contributed by atoms with van der Waals surface area (Å²) in [6.45, 7) is 2.02. The molecule has 29 heavy (non-hydrogen) atoms. The summed E-state index contributed by atoms with van der Waals surface area (Å²) in [4.78, 5) is 26.1. The van der Waals surface area contributed by atoms with Crippen LogP contribution >= 0.6 is 11.3 Å². The van der Waals surface area contributed by atoms with E-state index in [1.165, 1.54) is 16.2 Å². The molecule has 3 aromatic rings. The number of benzene rings is 1. The van der Waals surface area contributed by atoms with Crippen LogP contribution in [0.25, 0.3) is 10.6 Å². The third-order valence-electron chi connectivity index (χ3n) is 5.16. The van der Waals surface area contributed by atoms with Gasteiger partial charge in [-0.3, -0.25) is 4.79 Å². The molecule has 1 amide bonds. The third-order valence-corrected chi connectivity index (χ3v) is 6.29. The maximum absolute atomic E-state index is 13.8. The minimum atomic E-state index is -0.843. The number of nitrogens with zero attached hydrogens (tertiary/aromatic N) is 4. The zero-order valence-electron chi connectivity index (χ0n) is 18.5. The Kier molecular flexibility index (Phi) is 3.66. The van der Waals surface area contributed by atoms with Crippen molar-refractivity contribution < 1.29 is 13.3 Å². The lowest BCUT2D eigenvalue weighted by atomic mass is 10.1. The Morgan fingerprint density at radius 2 is 2.03 bits per heavy atom. The van der Waals surface area contributed by atoms with Crippen LogP contribution in [0.4, 0.5) is 21.6 Å². The Hall–Kier alpha value is -3.00. The number of thiazole rings is 1. The first-order valence-electron chi connectivity index (χ1n) is 10.9. The lowest BCUT2D eigenvalue weighted by molar-refractivity contribution is 0.0984. The Balaban J connectivity index is 1.47. The number of fused-ring (bicyclic) bond motifs is 1. The molecule has 0 unspecified atom stereocenters. The highest BCUT2D eigenvalue weighted by Gasteiger charge is 2.30. The maximum atomic E-state index is 13.8. The summed E-state index contributed by atoms with van der Waals surface area (Å²) in [5.74, 6) is -0.574. The van der Waals surface area contributed by atoms with Crippen molar-refractivity contribution in [3.63, 3.8) is 0 Å². The van der Waals surface area contributed by atoms with E-state index in [2.05, 4.69) is 14.9 Å². The molecule has 2 aliphatic rings. The summed E-state index contributed by atoms with van der Waals surface area (Å²) in [7, 11) is 0. The van der Waals surface area contributed by atoms with Gasteiger partial charge in [0.2, 0.25) is 0 Å². The van der Waals surface area contributed by atoms with Crippen LogP contribution in [0.15, 0.2) is 36.5 Å². The Bertz CT molecular complexity index is 1240. The Labute approximate surface area is 176 Å². The summed E-state index contributed by atoms with van der Waals surface area (Å²) >= 11 is 1.19. The number of rotatable bonds is 3. The average Bonchev–Trinajstić information content (AvgIpc) is 3.44. The van der Waals surface area contributed by atoms with E-state index in [0.717, 1.165) is 32.0 Å². The molecule has 1 aromatic carbocycles. The van der Waals surface area contributed by atoms with Crippen LogP contribution in [0.2, 0.25) is 0 Å². The average molecular weight is 416 g/mol. The van der Waals surface area contributed by atoms with Gasteiger partial charge in [0.25, 0.3) is 5.91 Å². The second kappa shape index (κ2) is 7.11. The molecule has 0 aliphatic carbocycles. The molecule has 1 fully saturated rings. The molecule has 148 valence electrons. The number of halogens is 1. The van der Waals surface area contributed by atoms with Gasteiger partial charge in [0.05, 0.1) is 15.5 Å². The number of carbonyl (C=O) groups excluding carboxylic acids is 1. The van der Waals surface area contributed by atoms with Gasteiger partial charge in [0.15, 0.2) is 0 Å². The van der Waals surface area contributed by atoms with E-state index in [0.29, 0.717) is 39.4 Å². The number of amides is 1. The minimum absolute atomic E-state index is 0.000391. The molecule has 8 heteroatoms. The third kappa shape index (κ3) is 3.23.